The summed E-state index contributed by atoms with van der Waals surface area (Å²) in [6.07, 6.45) is 0. The summed E-state index contributed by atoms with van der Waals surface area (Å²) in [7, 11) is -4.22. The summed E-state index contributed by atoms with van der Waals surface area (Å²) in [4.78, 5) is 0. The fraction of sp³-hybridized carbons (Fsp3) is 0.0556. The standard InChI is InChI=1S/C18H13BClF2NO/c1-12-18-16-5-3-2-4-13(16)6-11-17(18)24-19(21,22)23(12)15-9-7-14(20)8-10-15/h2-11H,1H3. The second-order valence-electron chi connectivity index (χ2n) is 5.77. The molecule has 0 radical (unpaired) electrons. The van der Waals surface area contributed by atoms with Gasteiger partial charge in [-0.25, -0.2) is 0 Å². The highest BCUT2D eigenvalue weighted by Gasteiger charge is 2.52. The van der Waals surface area contributed by atoms with Gasteiger partial charge in [-0.3, -0.25) is 0 Å². The fourth-order valence-electron chi connectivity index (χ4n) is 3.24. The number of nitrogens with zero attached hydrogens (tertiary/aromatic N) is 1. The summed E-state index contributed by atoms with van der Waals surface area (Å²) in [5, 5.41) is 2.36. The molecule has 1 aliphatic heterocycles. The van der Waals surface area contributed by atoms with E-state index in [9.17, 15) is 8.63 Å². The van der Waals surface area contributed by atoms with E-state index in [0.717, 1.165) is 15.3 Å². The quantitative estimate of drug-likeness (QED) is 0.538. The van der Waals surface area contributed by atoms with Crippen molar-refractivity contribution in [2.75, 3.05) is 0 Å². The van der Waals surface area contributed by atoms with Crippen molar-refractivity contribution in [1.29, 1.82) is 0 Å². The van der Waals surface area contributed by atoms with Gasteiger partial charge in [0, 0.05) is 24.1 Å². The van der Waals surface area contributed by atoms with Crippen molar-refractivity contribution in [3.8, 4) is 5.75 Å². The molecule has 3 aromatic rings. The molecule has 4 rings (SSSR count). The first-order chi connectivity index (χ1) is 11.5. The Bertz CT molecular complexity index is 986. The van der Waals surface area contributed by atoms with Crippen molar-refractivity contribution in [3.63, 3.8) is 0 Å². The maximum absolute atomic E-state index is 14.7. The van der Waals surface area contributed by atoms with E-state index in [4.69, 9.17) is 16.3 Å². The van der Waals surface area contributed by atoms with Gasteiger partial charge in [-0.2, -0.15) is 0 Å². The van der Waals surface area contributed by atoms with Crippen LogP contribution in [-0.4, -0.2) is 17.2 Å². The maximum atomic E-state index is 14.7. The number of hydrogen-bond donors (Lipinski definition) is 0. The normalized spacial score (nSPS) is 16.0. The van der Waals surface area contributed by atoms with Crippen molar-refractivity contribution in [1.82, 2.24) is 0 Å². The molecule has 0 atom stereocenters. The number of hydrogen-bond acceptors (Lipinski definition) is 1. The first-order valence-electron chi connectivity index (χ1n) is 7.58. The van der Waals surface area contributed by atoms with Crippen LogP contribution in [0.5, 0.6) is 5.75 Å². The topological polar surface area (TPSA) is 12.2 Å². The zero-order valence-electron chi connectivity index (χ0n) is 12.8. The van der Waals surface area contributed by atoms with Crippen molar-refractivity contribution in [2.24, 2.45) is 0 Å². The van der Waals surface area contributed by atoms with Crippen LogP contribution in [-0.2, 0) is 0 Å². The molecule has 0 saturated heterocycles. The summed E-state index contributed by atoms with van der Waals surface area (Å²) >= 11 is 5.88. The summed E-state index contributed by atoms with van der Waals surface area (Å²) in [6.45, 7) is 1.69. The van der Waals surface area contributed by atoms with Gasteiger partial charge in [-0.1, -0.05) is 41.9 Å². The van der Waals surface area contributed by atoms with E-state index in [-0.39, 0.29) is 5.75 Å². The van der Waals surface area contributed by atoms with Crippen LogP contribution in [0, 0.1) is 0 Å². The van der Waals surface area contributed by atoms with E-state index in [0.29, 0.717) is 22.0 Å². The van der Waals surface area contributed by atoms with Crippen molar-refractivity contribution in [3.05, 3.63) is 71.2 Å². The Morgan fingerprint density at radius 2 is 1.67 bits per heavy atom. The summed E-state index contributed by atoms with van der Waals surface area (Å²) in [5.41, 5.74) is 1.50. The lowest BCUT2D eigenvalue weighted by molar-refractivity contribution is -0.349. The summed E-state index contributed by atoms with van der Waals surface area (Å²) in [6, 6.07) is 17.4. The molecule has 0 aromatic heterocycles. The van der Waals surface area contributed by atoms with Crippen molar-refractivity contribution in [2.45, 2.75) is 6.92 Å². The molecule has 0 bridgehead atoms. The van der Waals surface area contributed by atoms with Crippen LogP contribution in [0.25, 0.3) is 10.8 Å². The third kappa shape index (κ3) is 2.28. The molecular weight excluding hydrogens is 330 g/mol. The molecule has 0 aliphatic carbocycles. The van der Waals surface area contributed by atoms with Gasteiger partial charge in [-0.15, -0.1) is 0 Å². The fourth-order valence-corrected chi connectivity index (χ4v) is 3.37. The van der Waals surface area contributed by atoms with Crippen molar-refractivity contribution >= 4 is 40.8 Å². The number of benzene rings is 3. The average Bonchev–Trinajstić information content (AvgIpc) is 2.55. The van der Waals surface area contributed by atoms with Crippen LogP contribution >= 0.6 is 11.6 Å². The Balaban J connectivity index is 2.05. The molecule has 0 saturated carbocycles. The molecular formula is C18H13BClF2NO. The lowest BCUT2D eigenvalue weighted by atomic mass is 9.91. The van der Waals surface area contributed by atoms with Gasteiger partial charge in [0.2, 0.25) is 0 Å². The molecule has 1 aliphatic rings. The third-order valence-corrected chi connectivity index (χ3v) is 4.54. The number of halogens is 3. The third-order valence-electron chi connectivity index (χ3n) is 4.29. The van der Waals surface area contributed by atoms with Gasteiger partial charge in [0.05, 0.1) is 11.3 Å². The van der Waals surface area contributed by atoms with Gasteiger partial charge in [0.1, 0.15) is 5.71 Å². The predicted octanol–water partition coefficient (Wildman–Crippen LogP) is 5.41. The Morgan fingerprint density at radius 3 is 2.42 bits per heavy atom. The molecule has 24 heavy (non-hydrogen) atoms. The number of fused-ring (bicyclic) bond motifs is 3. The highest BCUT2D eigenvalue weighted by molar-refractivity contribution is 6.53. The largest absolute Gasteiger partial charge is 0.834 e. The van der Waals surface area contributed by atoms with Crippen molar-refractivity contribution < 1.29 is 17.8 Å². The average molecular weight is 344 g/mol. The van der Waals surface area contributed by atoms with Gasteiger partial charge in [0.25, 0.3) is 0 Å². The molecule has 0 unspecified atom stereocenters. The SMILES string of the molecule is CC1=[N+](c2ccc(Cl)cc2)[B-](F)(F)Oc2ccc3ccccc3c21. The molecule has 0 N–H and O–H groups in total. The molecule has 1 heterocycles. The first-order valence-corrected chi connectivity index (χ1v) is 7.96. The molecule has 0 fully saturated rings. The van der Waals surface area contributed by atoms with Gasteiger partial charge in [0.15, 0.2) is 5.69 Å². The predicted molar refractivity (Wildman–Crippen MR) is 93.7 cm³/mol. The van der Waals surface area contributed by atoms with Crippen LogP contribution in [0.4, 0.5) is 14.3 Å². The Morgan fingerprint density at radius 1 is 0.958 bits per heavy atom. The first kappa shape index (κ1) is 15.2. The molecule has 2 nitrogen and oxygen atoms in total. The van der Waals surface area contributed by atoms with E-state index in [1.54, 1.807) is 43.3 Å². The molecule has 0 amide bonds. The minimum atomic E-state index is -4.22. The van der Waals surface area contributed by atoms with Crippen LogP contribution < -0.4 is 4.65 Å². The highest BCUT2D eigenvalue weighted by Crippen LogP contribution is 2.37. The van der Waals surface area contributed by atoms with Gasteiger partial charge >= 0.3 is 7.04 Å². The van der Waals surface area contributed by atoms with Crippen LogP contribution in [0.2, 0.25) is 5.02 Å². The smallest absolute Gasteiger partial charge is 0.599 e. The lowest BCUT2D eigenvalue weighted by Gasteiger charge is -2.31. The second-order valence-corrected chi connectivity index (χ2v) is 6.21. The van der Waals surface area contributed by atoms with Gasteiger partial charge in [-0.05, 0) is 29.0 Å². The molecule has 6 heteroatoms. The highest BCUT2D eigenvalue weighted by atomic mass is 35.5. The zero-order valence-corrected chi connectivity index (χ0v) is 13.6. The van der Waals surface area contributed by atoms with E-state index in [1.807, 2.05) is 24.3 Å². The summed E-state index contributed by atoms with van der Waals surface area (Å²) < 4.78 is 35.5. The van der Waals surface area contributed by atoms with Crippen LogP contribution in [0.3, 0.4) is 0 Å². The van der Waals surface area contributed by atoms with Crippen LogP contribution in [0.1, 0.15) is 12.5 Å². The van der Waals surface area contributed by atoms with Crippen LogP contribution in [0.15, 0.2) is 60.7 Å². The molecule has 0 spiro atoms. The monoisotopic (exact) mass is 343 g/mol. The zero-order chi connectivity index (χ0) is 16.9. The lowest BCUT2D eigenvalue weighted by Crippen LogP contribution is -2.49. The molecule has 120 valence electrons. The van der Waals surface area contributed by atoms with E-state index in [2.05, 4.69) is 0 Å². The van der Waals surface area contributed by atoms with E-state index < -0.39 is 7.04 Å². The second kappa shape index (κ2) is 5.31. The van der Waals surface area contributed by atoms with E-state index >= 15 is 0 Å². The van der Waals surface area contributed by atoms with Gasteiger partial charge < -0.3 is 17.8 Å². The minimum Gasteiger partial charge on any atom is -0.599 e. The number of rotatable bonds is 1. The van der Waals surface area contributed by atoms with E-state index in [1.165, 1.54) is 0 Å². The minimum absolute atomic E-state index is 0.210. The maximum Gasteiger partial charge on any atom is 0.834 e. The summed E-state index contributed by atoms with van der Waals surface area (Å²) in [5.74, 6) is 0.210. The molecule has 3 aromatic carbocycles. The Labute approximate surface area is 143 Å². The Kier molecular flexibility index (Phi) is 3.35. The Hall–Kier alpha value is -2.40.